The van der Waals surface area contributed by atoms with Gasteiger partial charge in [-0.25, -0.2) is 0 Å². The number of nitrogens with zero attached hydrogens (tertiary/aromatic N) is 3. The van der Waals surface area contributed by atoms with Crippen molar-refractivity contribution in [2.75, 3.05) is 25.5 Å². The molecule has 0 atom stereocenters. The number of carboxylic acids is 1. The minimum absolute atomic E-state index is 0.0530. The van der Waals surface area contributed by atoms with Gasteiger partial charge < -0.3 is 14.9 Å². The predicted octanol–water partition coefficient (Wildman–Crippen LogP) is 1.47. The molecule has 0 aliphatic heterocycles. The van der Waals surface area contributed by atoms with Gasteiger partial charge >= 0.3 is 5.97 Å². The molecule has 1 N–H and O–H groups in total. The summed E-state index contributed by atoms with van der Waals surface area (Å²) >= 11 is 0. The number of anilines is 1. The zero-order valence-corrected chi connectivity index (χ0v) is 12.3. The molecular weight excluding hydrogens is 258 g/mol. The molecule has 6 heteroatoms. The monoisotopic (exact) mass is 279 g/mol. The van der Waals surface area contributed by atoms with E-state index in [1.54, 1.807) is 32.4 Å². The van der Waals surface area contributed by atoms with Crippen molar-refractivity contribution in [3.63, 3.8) is 0 Å². The number of rotatable bonds is 6. The first-order valence-corrected chi connectivity index (χ1v) is 6.49. The molecule has 0 fully saturated rings. The molecular formula is C14H21N3O3. The zero-order valence-electron chi connectivity index (χ0n) is 12.3. The Morgan fingerprint density at radius 1 is 1.35 bits per heavy atom. The van der Waals surface area contributed by atoms with Crippen LogP contribution in [0.4, 0.5) is 5.69 Å². The molecule has 1 amide bonds. The Balaban J connectivity index is 2.99. The van der Waals surface area contributed by atoms with Gasteiger partial charge in [-0.3, -0.25) is 14.6 Å². The molecule has 0 unspecified atom stereocenters. The van der Waals surface area contributed by atoms with Gasteiger partial charge in [0, 0.05) is 38.6 Å². The Kier molecular flexibility index (Phi) is 5.49. The van der Waals surface area contributed by atoms with E-state index in [1.807, 2.05) is 18.7 Å². The minimum atomic E-state index is -0.839. The number of aromatic nitrogens is 1. The van der Waals surface area contributed by atoms with Gasteiger partial charge in [0.05, 0.1) is 6.42 Å². The summed E-state index contributed by atoms with van der Waals surface area (Å²) < 4.78 is 0. The molecule has 0 aliphatic rings. The third-order valence-electron chi connectivity index (χ3n) is 2.89. The van der Waals surface area contributed by atoms with E-state index in [9.17, 15) is 9.59 Å². The molecule has 0 bridgehead atoms. The van der Waals surface area contributed by atoms with Crippen LogP contribution in [0.2, 0.25) is 0 Å². The fraction of sp³-hybridized carbons (Fsp3) is 0.500. The molecule has 1 rings (SSSR count). The molecule has 0 aromatic carbocycles. The van der Waals surface area contributed by atoms with Gasteiger partial charge in [0.1, 0.15) is 5.69 Å². The van der Waals surface area contributed by atoms with Crippen molar-refractivity contribution in [3.8, 4) is 0 Å². The van der Waals surface area contributed by atoms with Crippen molar-refractivity contribution < 1.29 is 14.7 Å². The zero-order chi connectivity index (χ0) is 15.3. The summed E-state index contributed by atoms with van der Waals surface area (Å²) in [4.78, 5) is 30.1. The predicted molar refractivity (Wildman–Crippen MR) is 77.0 cm³/mol. The number of hydrogen-bond acceptors (Lipinski definition) is 4. The number of carbonyl (C=O) groups is 2. The van der Waals surface area contributed by atoms with Crippen LogP contribution in [0, 0.1) is 0 Å². The van der Waals surface area contributed by atoms with Crippen molar-refractivity contribution in [3.05, 3.63) is 24.0 Å². The van der Waals surface area contributed by atoms with Gasteiger partial charge in [0.15, 0.2) is 0 Å². The highest BCUT2D eigenvalue weighted by Gasteiger charge is 2.16. The molecule has 0 spiro atoms. The van der Waals surface area contributed by atoms with E-state index in [-0.39, 0.29) is 18.4 Å². The highest BCUT2D eigenvalue weighted by Crippen LogP contribution is 2.18. The second-order valence-corrected chi connectivity index (χ2v) is 5.03. The van der Waals surface area contributed by atoms with E-state index >= 15 is 0 Å². The Morgan fingerprint density at radius 2 is 2.00 bits per heavy atom. The van der Waals surface area contributed by atoms with Crippen molar-refractivity contribution in [1.29, 1.82) is 0 Å². The summed E-state index contributed by atoms with van der Waals surface area (Å²) in [6.07, 6.45) is 1.62. The van der Waals surface area contributed by atoms with Crippen LogP contribution in [0.5, 0.6) is 0 Å². The second kappa shape index (κ2) is 6.88. The van der Waals surface area contributed by atoms with Crippen LogP contribution in [0.1, 0.15) is 30.8 Å². The van der Waals surface area contributed by atoms with Crippen LogP contribution >= 0.6 is 0 Å². The molecule has 1 heterocycles. The van der Waals surface area contributed by atoms with E-state index in [0.29, 0.717) is 12.2 Å². The van der Waals surface area contributed by atoms with Crippen LogP contribution < -0.4 is 4.90 Å². The fourth-order valence-electron chi connectivity index (χ4n) is 1.85. The Labute approximate surface area is 119 Å². The lowest BCUT2D eigenvalue weighted by molar-refractivity contribution is -0.136. The normalized spacial score (nSPS) is 10.4. The molecule has 6 nitrogen and oxygen atoms in total. The lowest BCUT2D eigenvalue weighted by Gasteiger charge is -2.28. The molecule has 0 aliphatic carbocycles. The van der Waals surface area contributed by atoms with Crippen molar-refractivity contribution in [1.82, 2.24) is 9.88 Å². The van der Waals surface area contributed by atoms with Crippen molar-refractivity contribution >= 4 is 17.6 Å². The number of pyridine rings is 1. The maximum Gasteiger partial charge on any atom is 0.305 e. The van der Waals surface area contributed by atoms with E-state index in [1.165, 1.54) is 4.90 Å². The summed E-state index contributed by atoms with van der Waals surface area (Å²) in [5.74, 6) is -1.01. The minimum Gasteiger partial charge on any atom is -0.481 e. The third-order valence-corrected chi connectivity index (χ3v) is 2.89. The molecule has 0 saturated carbocycles. The summed E-state index contributed by atoms with van der Waals surface area (Å²) in [7, 11) is 3.34. The highest BCUT2D eigenvalue weighted by atomic mass is 16.4. The largest absolute Gasteiger partial charge is 0.481 e. The number of carboxylic acid groups (broad SMARTS) is 1. The first-order chi connectivity index (χ1) is 9.32. The van der Waals surface area contributed by atoms with E-state index in [2.05, 4.69) is 4.98 Å². The molecule has 1 aromatic rings. The SMILES string of the molecule is CC(C)N(CCC(=O)O)c1ccnc(C(=O)N(C)C)c1. The number of amides is 1. The van der Waals surface area contributed by atoms with E-state index < -0.39 is 5.97 Å². The first-order valence-electron chi connectivity index (χ1n) is 6.49. The third kappa shape index (κ3) is 4.22. The van der Waals surface area contributed by atoms with Crippen molar-refractivity contribution in [2.24, 2.45) is 0 Å². The van der Waals surface area contributed by atoms with E-state index in [4.69, 9.17) is 5.11 Å². The van der Waals surface area contributed by atoms with Gasteiger partial charge in [0.2, 0.25) is 0 Å². The van der Waals surface area contributed by atoms with Crippen LogP contribution in [0.15, 0.2) is 18.3 Å². The average molecular weight is 279 g/mol. The fourth-order valence-corrected chi connectivity index (χ4v) is 1.85. The summed E-state index contributed by atoms with van der Waals surface area (Å²) in [5.41, 5.74) is 1.16. The number of aliphatic carboxylic acids is 1. The van der Waals surface area contributed by atoms with Gasteiger partial charge in [-0.05, 0) is 26.0 Å². The van der Waals surface area contributed by atoms with Gasteiger partial charge in [-0.15, -0.1) is 0 Å². The quantitative estimate of drug-likeness (QED) is 0.853. The summed E-state index contributed by atoms with van der Waals surface area (Å²) in [6, 6.07) is 3.62. The molecule has 0 saturated heterocycles. The maximum absolute atomic E-state index is 11.9. The Morgan fingerprint density at radius 3 is 2.50 bits per heavy atom. The van der Waals surface area contributed by atoms with Crippen LogP contribution in [0.3, 0.4) is 0 Å². The maximum atomic E-state index is 11.9. The van der Waals surface area contributed by atoms with Crippen molar-refractivity contribution in [2.45, 2.75) is 26.3 Å². The Hall–Kier alpha value is -2.11. The standard InChI is InChI=1S/C14H21N3O3/c1-10(2)17(8-6-13(18)19)11-5-7-15-12(9-11)14(20)16(3)4/h5,7,9-10H,6,8H2,1-4H3,(H,18,19). The second-order valence-electron chi connectivity index (χ2n) is 5.03. The molecule has 0 radical (unpaired) electrons. The van der Waals surface area contributed by atoms with Crippen LogP contribution in [0.25, 0.3) is 0 Å². The molecule has 110 valence electrons. The lowest BCUT2D eigenvalue weighted by atomic mass is 10.2. The van der Waals surface area contributed by atoms with Gasteiger partial charge in [-0.2, -0.15) is 0 Å². The lowest BCUT2D eigenvalue weighted by Crippen LogP contribution is -2.33. The van der Waals surface area contributed by atoms with Gasteiger partial charge in [-0.1, -0.05) is 0 Å². The average Bonchev–Trinajstić information content (AvgIpc) is 2.37. The Bertz CT molecular complexity index is 486. The topological polar surface area (TPSA) is 73.7 Å². The first kappa shape index (κ1) is 15.9. The number of hydrogen-bond donors (Lipinski definition) is 1. The molecule has 1 aromatic heterocycles. The summed E-state index contributed by atoms with van der Waals surface area (Å²) in [6.45, 7) is 4.36. The molecule has 20 heavy (non-hydrogen) atoms. The van der Waals surface area contributed by atoms with Crippen LogP contribution in [-0.4, -0.2) is 53.5 Å². The number of carbonyl (C=O) groups excluding carboxylic acids is 1. The van der Waals surface area contributed by atoms with Gasteiger partial charge in [0.25, 0.3) is 5.91 Å². The highest BCUT2D eigenvalue weighted by molar-refractivity contribution is 5.92. The summed E-state index contributed by atoms with van der Waals surface area (Å²) in [5, 5.41) is 8.81. The smallest absolute Gasteiger partial charge is 0.305 e. The van der Waals surface area contributed by atoms with Crippen LogP contribution in [-0.2, 0) is 4.79 Å². The van der Waals surface area contributed by atoms with E-state index in [0.717, 1.165) is 5.69 Å².